The first-order valence-electron chi connectivity index (χ1n) is 7.67. The van der Waals surface area contributed by atoms with Crippen LogP contribution < -0.4 is 10.6 Å². The van der Waals surface area contributed by atoms with Gasteiger partial charge in [-0.05, 0) is 35.8 Å². The summed E-state index contributed by atoms with van der Waals surface area (Å²) in [5.74, 6) is -0.585. The number of para-hydroxylation sites is 1. The molecule has 3 nitrogen and oxygen atoms in total. The molecule has 1 aliphatic rings. The van der Waals surface area contributed by atoms with E-state index in [1.165, 1.54) is 12.1 Å². The number of benzene rings is 2. The lowest BCUT2D eigenvalue weighted by Gasteiger charge is -2.23. The third kappa shape index (κ3) is 3.12. The molecule has 2 aromatic rings. The Bertz CT molecular complexity index is 873. The van der Waals surface area contributed by atoms with Crippen molar-refractivity contribution in [2.24, 2.45) is 10.9 Å². The van der Waals surface area contributed by atoms with Gasteiger partial charge in [-0.1, -0.05) is 48.5 Å². The van der Waals surface area contributed by atoms with Gasteiger partial charge in [-0.2, -0.15) is 0 Å². The van der Waals surface area contributed by atoms with Gasteiger partial charge in [0.15, 0.2) is 0 Å². The second-order valence-corrected chi connectivity index (χ2v) is 6.13. The first kappa shape index (κ1) is 16.5. The molecule has 2 atom stereocenters. The van der Waals surface area contributed by atoms with Crippen molar-refractivity contribution in [1.82, 2.24) is 0 Å². The zero-order chi connectivity index (χ0) is 17.3. The highest BCUT2D eigenvalue weighted by Gasteiger charge is 2.34. The quantitative estimate of drug-likeness (QED) is 0.932. The summed E-state index contributed by atoms with van der Waals surface area (Å²) in [7, 11) is 0. The van der Waals surface area contributed by atoms with Crippen molar-refractivity contribution in [3.05, 3.63) is 70.2 Å². The van der Waals surface area contributed by atoms with E-state index in [1.54, 1.807) is 18.2 Å². The monoisotopic (exact) mass is 329 g/mol. The first-order chi connectivity index (χ1) is 11.4. The van der Waals surface area contributed by atoms with Crippen LogP contribution in [0.2, 0.25) is 0 Å². The van der Waals surface area contributed by atoms with Gasteiger partial charge < -0.3 is 5.11 Å². The van der Waals surface area contributed by atoms with E-state index in [-0.39, 0.29) is 17.4 Å². The Morgan fingerprint density at radius 2 is 1.83 bits per heavy atom. The fourth-order valence-electron chi connectivity index (χ4n) is 2.72. The van der Waals surface area contributed by atoms with Crippen molar-refractivity contribution in [1.29, 1.82) is 0 Å². The maximum absolute atomic E-state index is 12.9. The Labute approximate surface area is 138 Å². The van der Waals surface area contributed by atoms with Crippen molar-refractivity contribution in [2.75, 3.05) is 0 Å². The second-order valence-electron chi connectivity index (χ2n) is 6.13. The minimum atomic E-state index is -2.87. The normalized spacial score (nSPS) is 19.2. The molecule has 2 aromatic carbocycles. The molecule has 1 aliphatic heterocycles. The molecule has 0 saturated heterocycles. The first-order valence-corrected chi connectivity index (χ1v) is 7.67. The highest BCUT2D eigenvalue weighted by molar-refractivity contribution is 5.86. The van der Waals surface area contributed by atoms with Crippen LogP contribution in [-0.2, 0) is 16.8 Å². The SMILES string of the molecule is C[C@@](O)(c1ccc(CC2C=c3ccccc3=NC2=O)cc1)C(F)F. The Morgan fingerprint density at radius 3 is 2.50 bits per heavy atom. The topological polar surface area (TPSA) is 49.7 Å². The van der Waals surface area contributed by atoms with Crippen molar-refractivity contribution < 1.29 is 18.7 Å². The van der Waals surface area contributed by atoms with Crippen molar-refractivity contribution in [3.8, 4) is 0 Å². The van der Waals surface area contributed by atoms with Crippen LogP contribution in [0.15, 0.2) is 53.5 Å². The Balaban J connectivity index is 1.82. The second kappa shape index (κ2) is 6.24. The molecule has 1 amide bonds. The molecule has 1 heterocycles. The standard InChI is InChI=1S/C19H17F2NO2/c1-19(24,18(20)21)15-8-6-12(7-9-15)10-14-11-13-4-2-3-5-16(13)22-17(14)23/h2-9,11,14,18,24H,10H2,1H3/t14?,19-/m1/s1. The molecule has 5 heteroatoms. The van der Waals surface area contributed by atoms with E-state index in [1.807, 2.05) is 24.3 Å². The van der Waals surface area contributed by atoms with Gasteiger partial charge in [0.05, 0.1) is 11.3 Å². The summed E-state index contributed by atoms with van der Waals surface area (Å²) in [5.41, 5.74) is -1.21. The minimum Gasteiger partial charge on any atom is -0.379 e. The smallest absolute Gasteiger partial charge is 0.270 e. The summed E-state index contributed by atoms with van der Waals surface area (Å²) >= 11 is 0. The largest absolute Gasteiger partial charge is 0.379 e. The molecule has 1 N–H and O–H groups in total. The number of fused-ring (bicyclic) bond motifs is 1. The van der Waals surface area contributed by atoms with Gasteiger partial charge in [0, 0.05) is 0 Å². The minimum absolute atomic E-state index is 0.148. The maximum Gasteiger partial charge on any atom is 0.270 e. The van der Waals surface area contributed by atoms with Crippen LogP contribution in [0.3, 0.4) is 0 Å². The van der Waals surface area contributed by atoms with Gasteiger partial charge in [0.25, 0.3) is 12.3 Å². The number of aliphatic hydroxyl groups is 1. The number of nitrogens with zero attached hydrogens (tertiary/aromatic N) is 1. The molecule has 24 heavy (non-hydrogen) atoms. The summed E-state index contributed by atoms with van der Waals surface area (Å²) in [6.45, 7) is 1.08. The predicted molar refractivity (Wildman–Crippen MR) is 85.9 cm³/mol. The molecule has 0 saturated carbocycles. The average Bonchev–Trinajstić information content (AvgIpc) is 2.56. The van der Waals surface area contributed by atoms with Crippen molar-refractivity contribution in [3.63, 3.8) is 0 Å². The third-order valence-electron chi connectivity index (χ3n) is 4.28. The number of amides is 1. The van der Waals surface area contributed by atoms with Crippen LogP contribution >= 0.6 is 0 Å². The number of carbonyl (C=O) groups is 1. The van der Waals surface area contributed by atoms with E-state index in [2.05, 4.69) is 4.99 Å². The van der Waals surface area contributed by atoms with E-state index >= 15 is 0 Å². The van der Waals surface area contributed by atoms with E-state index in [9.17, 15) is 18.7 Å². The summed E-state index contributed by atoms with van der Waals surface area (Å²) in [4.78, 5) is 16.2. The highest BCUT2D eigenvalue weighted by Crippen LogP contribution is 2.28. The van der Waals surface area contributed by atoms with Crippen LogP contribution in [0.1, 0.15) is 18.1 Å². The average molecular weight is 329 g/mol. The Kier molecular flexibility index (Phi) is 4.28. The lowest BCUT2D eigenvalue weighted by atomic mass is 9.92. The molecule has 0 aromatic heterocycles. The van der Waals surface area contributed by atoms with E-state index < -0.39 is 12.0 Å². The molecule has 0 radical (unpaired) electrons. The molecule has 0 bridgehead atoms. The predicted octanol–water partition coefficient (Wildman–Crippen LogP) is 1.96. The van der Waals surface area contributed by atoms with Gasteiger partial charge in [0.2, 0.25) is 0 Å². The van der Waals surface area contributed by atoms with Crippen LogP contribution in [0, 0.1) is 5.92 Å². The number of rotatable bonds is 4. The zero-order valence-corrected chi connectivity index (χ0v) is 13.1. The number of hydrogen-bond donors (Lipinski definition) is 1. The summed E-state index contributed by atoms with van der Waals surface area (Å²) in [6, 6.07) is 13.7. The van der Waals surface area contributed by atoms with Crippen LogP contribution in [0.25, 0.3) is 6.08 Å². The molecular formula is C19H17F2NO2. The van der Waals surface area contributed by atoms with E-state index in [0.717, 1.165) is 17.7 Å². The van der Waals surface area contributed by atoms with Gasteiger partial charge in [-0.3, -0.25) is 4.79 Å². The molecule has 3 rings (SSSR count). The van der Waals surface area contributed by atoms with E-state index in [0.29, 0.717) is 11.8 Å². The lowest BCUT2D eigenvalue weighted by molar-refractivity contribution is -0.120. The summed E-state index contributed by atoms with van der Waals surface area (Å²) in [5, 5.41) is 11.4. The molecule has 1 unspecified atom stereocenters. The fourth-order valence-corrected chi connectivity index (χ4v) is 2.72. The fraction of sp³-hybridized carbons (Fsp3) is 0.263. The Morgan fingerprint density at radius 1 is 1.17 bits per heavy atom. The molecular weight excluding hydrogens is 312 g/mol. The van der Waals surface area contributed by atoms with Crippen molar-refractivity contribution in [2.45, 2.75) is 25.4 Å². The number of alkyl halides is 2. The summed E-state index contributed by atoms with van der Waals surface area (Å²) < 4.78 is 25.7. The molecule has 124 valence electrons. The highest BCUT2D eigenvalue weighted by atomic mass is 19.3. The number of halogens is 2. The van der Waals surface area contributed by atoms with Crippen LogP contribution in [0.5, 0.6) is 0 Å². The van der Waals surface area contributed by atoms with Gasteiger partial charge in [-0.15, -0.1) is 0 Å². The van der Waals surface area contributed by atoms with Crippen LogP contribution in [0.4, 0.5) is 8.78 Å². The lowest BCUT2D eigenvalue weighted by Crippen LogP contribution is -2.34. The summed E-state index contributed by atoms with van der Waals surface area (Å²) in [6.07, 6.45) is -0.548. The van der Waals surface area contributed by atoms with Crippen molar-refractivity contribution >= 4 is 12.0 Å². The van der Waals surface area contributed by atoms with Crippen LogP contribution in [-0.4, -0.2) is 17.4 Å². The van der Waals surface area contributed by atoms with Gasteiger partial charge in [0.1, 0.15) is 5.60 Å². The van der Waals surface area contributed by atoms with Gasteiger partial charge >= 0.3 is 0 Å². The Hall–Kier alpha value is -2.40. The number of hydrogen-bond acceptors (Lipinski definition) is 2. The molecule has 0 spiro atoms. The third-order valence-corrected chi connectivity index (χ3v) is 4.28. The molecule has 0 aliphatic carbocycles. The van der Waals surface area contributed by atoms with Gasteiger partial charge in [-0.25, -0.2) is 13.8 Å². The maximum atomic E-state index is 12.9. The van der Waals surface area contributed by atoms with E-state index in [4.69, 9.17) is 0 Å². The molecule has 0 fully saturated rings. The number of carbonyl (C=O) groups excluding carboxylic acids is 1. The zero-order valence-electron chi connectivity index (χ0n) is 13.1.